The lowest BCUT2D eigenvalue weighted by Crippen LogP contribution is -2.35. The predicted octanol–water partition coefficient (Wildman–Crippen LogP) is 3.16. The first-order valence-electron chi connectivity index (χ1n) is 4.89. The van der Waals surface area contributed by atoms with Crippen LogP contribution in [0.3, 0.4) is 0 Å². The molecule has 0 unspecified atom stereocenters. The van der Waals surface area contributed by atoms with E-state index in [1.165, 1.54) is 0 Å². The van der Waals surface area contributed by atoms with Gasteiger partial charge in [-0.25, -0.2) is 0 Å². The van der Waals surface area contributed by atoms with Gasteiger partial charge in [0.2, 0.25) is 0 Å². The molecule has 0 bridgehead atoms. The van der Waals surface area contributed by atoms with Crippen molar-refractivity contribution < 1.29 is 4.79 Å². The number of carbonyl (C=O) groups excluding carboxylic acids is 1. The van der Waals surface area contributed by atoms with Crippen molar-refractivity contribution in [3.63, 3.8) is 0 Å². The molecule has 2 nitrogen and oxygen atoms in total. The number of benzene rings is 1. The largest absolute Gasteiger partial charge is 0.363 e. The highest BCUT2D eigenvalue weighted by Gasteiger charge is 2.19. The molecule has 15 heavy (non-hydrogen) atoms. The number of hydrogen-bond acceptors (Lipinski definition) is 2. The van der Waals surface area contributed by atoms with Crippen molar-refractivity contribution >= 4 is 34.7 Å². The highest BCUT2D eigenvalue weighted by Crippen LogP contribution is 2.33. The Kier molecular flexibility index (Phi) is 3.17. The molecule has 1 aliphatic heterocycles. The second-order valence-corrected chi connectivity index (χ2v) is 4.42. The number of halogens is 2. The number of Topliss-reactive ketones (excluding diaryl/α,β-unsaturated/α-hetero) is 1. The third-order valence-corrected chi connectivity index (χ3v) is 3.33. The predicted molar refractivity (Wildman–Crippen MR) is 62.9 cm³/mol. The second-order valence-electron chi connectivity index (χ2n) is 3.64. The quantitative estimate of drug-likeness (QED) is 0.756. The molecule has 0 atom stereocenters. The summed E-state index contributed by atoms with van der Waals surface area (Å²) in [7, 11) is 0. The van der Waals surface area contributed by atoms with E-state index in [-0.39, 0.29) is 5.78 Å². The van der Waals surface area contributed by atoms with Gasteiger partial charge < -0.3 is 4.90 Å². The van der Waals surface area contributed by atoms with Crippen molar-refractivity contribution in [3.8, 4) is 0 Å². The molecule has 1 heterocycles. The zero-order valence-corrected chi connectivity index (χ0v) is 9.68. The van der Waals surface area contributed by atoms with Crippen molar-refractivity contribution in [2.75, 3.05) is 18.0 Å². The molecule has 2 rings (SSSR count). The van der Waals surface area contributed by atoms with Crippen LogP contribution in [0, 0.1) is 0 Å². The lowest BCUT2D eigenvalue weighted by atomic mass is 10.1. The second kappa shape index (κ2) is 4.42. The van der Waals surface area contributed by atoms with Crippen LogP contribution in [0.2, 0.25) is 10.0 Å². The van der Waals surface area contributed by atoms with Crippen LogP contribution in [-0.2, 0) is 4.79 Å². The van der Waals surface area contributed by atoms with Gasteiger partial charge in [-0.05, 0) is 18.6 Å². The summed E-state index contributed by atoms with van der Waals surface area (Å²) in [5.74, 6) is 0.261. The monoisotopic (exact) mass is 243 g/mol. The van der Waals surface area contributed by atoms with Crippen LogP contribution in [0.1, 0.15) is 12.8 Å². The summed E-state index contributed by atoms with van der Waals surface area (Å²) in [4.78, 5) is 13.3. The zero-order chi connectivity index (χ0) is 10.8. The van der Waals surface area contributed by atoms with Gasteiger partial charge in [-0.3, -0.25) is 4.79 Å². The first-order valence-corrected chi connectivity index (χ1v) is 5.65. The standard InChI is InChI=1S/C11H11Cl2NO/c12-9-4-1-5-10(11(9)13)14-6-2-3-8(15)7-14/h1,4-5H,2-3,6-7H2. The maximum Gasteiger partial charge on any atom is 0.152 e. The van der Waals surface area contributed by atoms with E-state index in [1.54, 1.807) is 6.07 Å². The Morgan fingerprint density at radius 1 is 1.27 bits per heavy atom. The van der Waals surface area contributed by atoms with Crippen LogP contribution in [0.4, 0.5) is 5.69 Å². The van der Waals surface area contributed by atoms with Crippen LogP contribution >= 0.6 is 23.2 Å². The Labute approximate surface area is 98.8 Å². The van der Waals surface area contributed by atoms with Crippen LogP contribution in [-0.4, -0.2) is 18.9 Å². The summed E-state index contributed by atoms with van der Waals surface area (Å²) >= 11 is 12.0. The van der Waals surface area contributed by atoms with Crippen LogP contribution in [0.25, 0.3) is 0 Å². The van der Waals surface area contributed by atoms with E-state index in [9.17, 15) is 4.79 Å². The molecule has 0 amide bonds. The third-order valence-electron chi connectivity index (χ3n) is 2.52. The zero-order valence-electron chi connectivity index (χ0n) is 8.17. The van der Waals surface area contributed by atoms with Gasteiger partial charge in [0, 0.05) is 13.0 Å². The fourth-order valence-electron chi connectivity index (χ4n) is 1.78. The molecule has 0 radical (unpaired) electrons. The summed E-state index contributed by atoms with van der Waals surface area (Å²) < 4.78 is 0. The first-order chi connectivity index (χ1) is 7.18. The van der Waals surface area contributed by atoms with Crippen LogP contribution in [0.5, 0.6) is 0 Å². The normalized spacial score (nSPS) is 16.9. The van der Waals surface area contributed by atoms with Gasteiger partial charge in [-0.15, -0.1) is 0 Å². The number of anilines is 1. The molecular weight excluding hydrogens is 233 g/mol. The Morgan fingerprint density at radius 2 is 2.07 bits per heavy atom. The van der Waals surface area contributed by atoms with Gasteiger partial charge in [-0.2, -0.15) is 0 Å². The molecule has 1 aliphatic rings. The van der Waals surface area contributed by atoms with Crippen molar-refractivity contribution in [1.82, 2.24) is 0 Å². The molecular formula is C11H11Cl2NO. The van der Waals surface area contributed by atoms with E-state index in [1.807, 2.05) is 17.0 Å². The maximum absolute atomic E-state index is 11.3. The molecule has 80 valence electrons. The molecule has 1 saturated heterocycles. The molecule has 0 aliphatic carbocycles. The minimum absolute atomic E-state index is 0.261. The molecule has 1 aromatic rings. The fraction of sp³-hybridized carbons (Fsp3) is 0.364. The number of nitrogens with zero attached hydrogens (tertiary/aromatic N) is 1. The third kappa shape index (κ3) is 2.27. The van der Waals surface area contributed by atoms with Gasteiger partial charge in [-0.1, -0.05) is 29.3 Å². The fourth-order valence-corrected chi connectivity index (χ4v) is 2.20. The van der Waals surface area contributed by atoms with E-state index in [0.717, 1.165) is 18.7 Å². The number of rotatable bonds is 1. The number of ketones is 1. The summed E-state index contributed by atoms with van der Waals surface area (Å²) in [5.41, 5.74) is 0.859. The minimum Gasteiger partial charge on any atom is -0.363 e. The van der Waals surface area contributed by atoms with E-state index >= 15 is 0 Å². The van der Waals surface area contributed by atoms with Gasteiger partial charge in [0.25, 0.3) is 0 Å². The van der Waals surface area contributed by atoms with E-state index in [0.29, 0.717) is 23.0 Å². The number of hydrogen-bond donors (Lipinski definition) is 0. The molecule has 0 saturated carbocycles. The molecule has 1 aromatic carbocycles. The van der Waals surface area contributed by atoms with Gasteiger partial charge in [0.05, 0.1) is 22.3 Å². The Bertz CT molecular complexity index is 392. The molecule has 1 fully saturated rings. The highest BCUT2D eigenvalue weighted by molar-refractivity contribution is 6.43. The van der Waals surface area contributed by atoms with Gasteiger partial charge in [0.15, 0.2) is 5.78 Å². The summed E-state index contributed by atoms with van der Waals surface area (Å²) in [6.45, 7) is 1.31. The Balaban J connectivity index is 2.28. The number of piperidine rings is 1. The SMILES string of the molecule is O=C1CCCN(c2cccc(Cl)c2Cl)C1. The lowest BCUT2D eigenvalue weighted by Gasteiger charge is -2.28. The van der Waals surface area contributed by atoms with Crippen molar-refractivity contribution in [3.05, 3.63) is 28.2 Å². The van der Waals surface area contributed by atoms with Crippen LogP contribution in [0.15, 0.2) is 18.2 Å². The topological polar surface area (TPSA) is 20.3 Å². The summed E-state index contributed by atoms with van der Waals surface area (Å²) in [5, 5.41) is 1.07. The molecule has 0 aromatic heterocycles. The molecule has 0 N–H and O–H groups in total. The average Bonchev–Trinajstić information content (AvgIpc) is 2.22. The Hall–Kier alpha value is -0.730. The van der Waals surface area contributed by atoms with E-state index in [4.69, 9.17) is 23.2 Å². The smallest absolute Gasteiger partial charge is 0.152 e. The number of carbonyl (C=O) groups is 1. The first kappa shape index (κ1) is 10.8. The molecule has 4 heteroatoms. The van der Waals surface area contributed by atoms with Crippen LogP contribution < -0.4 is 4.90 Å². The van der Waals surface area contributed by atoms with Crippen molar-refractivity contribution in [2.45, 2.75) is 12.8 Å². The van der Waals surface area contributed by atoms with E-state index in [2.05, 4.69) is 0 Å². The average molecular weight is 244 g/mol. The summed E-state index contributed by atoms with van der Waals surface area (Å²) in [6, 6.07) is 5.49. The lowest BCUT2D eigenvalue weighted by molar-refractivity contribution is -0.118. The highest BCUT2D eigenvalue weighted by atomic mass is 35.5. The van der Waals surface area contributed by atoms with Gasteiger partial charge >= 0.3 is 0 Å². The van der Waals surface area contributed by atoms with Crippen molar-refractivity contribution in [2.24, 2.45) is 0 Å². The van der Waals surface area contributed by atoms with E-state index < -0.39 is 0 Å². The molecule has 0 spiro atoms. The maximum atomic E-state index is 11.3. The van der Waals surface area contributed by atoms with Crippen molar-refractivity contribution in [1.29, 1.82) is 0 Å². The summed E-state index contributed by atoms with van der Waals surface area (Å²) in [6.07, 6.45) is 1.57. The van der Waals surface area contributed by atoms with Gasteiger partial charge in [0.1, 0.15) is 0 Å². The Morgan fingerprint density at radius 3 is 2.80 bits per heavy atom. The minimum atomic E-state index is 0.261.